The number of hydrogen-bond acceptors (Lipinski definition) is 4. The summed E-state index contributed by atoms with van der Waals surface area (Å²) >= 11 is 5.85. The molecule has 6 heteroatoms. The predicted molar refractivity (Wildman–Crippen MR) is 70.0 cm³/mol. The van der Waals surface area contributed by atoms with Gasteiger partial charge in [-0.15, -0.1) is 0 Å². The Labute approximate surface area is 110 Å². The average Bonchev–Trinajstić information content (AvgIpc) is 3.07. The second kappa shape index (κ2) is 5.12. The van der Waals surface area contributed by atoms with Crippen LogP contribution in [0, 0.1) is 15.5 Å². The quantitative estimate of drug-likeness (QED) is 0.616. The van der Waals surface area contributed by atoms with Crippen molar-refractivity contribution in [1.29, 1.82) is 0 Å². The van der Waals surface area contributed by atoms with Gasteiger partial charge in [0.15, 0.2) is 0 Å². The number of aliphatic hydroxyl groups is 1. The van der Waals surface area contributed by atoms with Crippen LogP contribution in [0.5, 0.6) is 0 Å². The van der Waals surface area contributed by atoms with Crippen LogP contribution in [-0.2, 0) is 0 Å². The highest BCUT2D eigenvalue weighted by atomic mass is 35.5. The van der Waals surface area contributed by atoms with E-state index in [0.29, 0.717) is 17.3 Å². The molecule has 5 nitrogen and oxygen atoms in total. The minimum atomic E-state index is -0.426. The first-order chi connectivity index (χ1) is 8.56. The molecule has 0 heterocycles. The van der Waals surface area contributed by atoms with E-state index in [9.17, 15) is 10.1 Å². The summed E-state index contributed by atoms with van der Waals surface area (Å²) in [6, 6.07) is 4.47. The second-order valence-electron chi connectivity index (χ2n) is 4.75. The molecule has 1 aromatic carbocycles. The monoisotopic (exact) mass is 270 g/mol. The fraction of sp³-hybridized carbons (Fsp3) is 0.500. The Balaban J connectivity index is 2.08. The summed E-state index contributed by atoms with van der Waals surface area (Å²) in [4.78, 5) is 10.5. The van der Waals surface area contributed by atoms with Crippen molar-refractivity contribution in [2.45, 2.75) is 19.3 Å². The second-order valence-corrected chi connectivity index (χ2v) is 5.18. The molecule has 2 rings (SSSR count). The Kier molecular flexibility index (Phi) is 3.73. The lowest BCUT2D eigenvalue weighted by Gasteiger charge is -2.15. The normalized spacial score (nSPS) is 16.3. The van der Waals surface area contributed by atoms with Gasteiger partial charge < -0.3 is 10.4 Å². The van der Waals surface area contributed by atoms with Crippen molar-refractivity contribution in [3.05, 3.63) is 33.3 Å². The van der Waals surface area contributed by atoms with Crippen molar-refractivity contribution in [1.82, 2.24) is 0 Å². The van der Waals surface area contributed by atoms with Gasteiger partial charge >= 0.3 is 0 Å². The largest absolute Gasteiger partial charge is 0.396 e. The minimum absolute atomic E-state index is 0.0270. The first-order valence-corrected chi connectivity index (χ1v) is 6.23. The molecule has 0 spiro atoms. The van der Waals surface area contributed by atoms with Crippen LogP contribution < -0.4 is 5.32 Å². The zero-order chi connectivity index (χ0) is 13.2. The van der Waals surface area contributed by atoms with Gasteiger partial charge in [0, 0.05) is 24.2 Å². The lowest BCUT2D eigenvalue weighted by molar-refractivity contribution is -0.384. The third kappa shape index (κ3) is 2.91. The molecule has 0 amide bonds. The van der Waals surface area contributed by atoms with Crippen LogP contribution in [0.25, 0.3) is 0 Å². The number of anilines is 1. The molecular weight excluding hydrogens is 256 g/mol. The summed E-state index contributed by atoms with van der Waals surface area (Å²) in [5.41, 5.74) is 0.571. The van der Waals surface area contributed by atoms with E-state index in [-0.39, 0.29) is 17.7 Å². The molecule has 98 valence electrons. The number of rotatable bonds is 6. The molecule has 0 unspecified atom stereocenters. The van der Waals surface area contributed by atoms with Crippen LogP contribution >= 0.6 is 11.6 Å². The number of nitro benzene ring substituents is 1. The lowest BCUT2D eigenvalue weighted by Crippen LogP contribution is -2.17. The molecule has 18 heavy (non-hydrogen) atoms. The molecule has 1 aliphatic rings. The highest BCUT2D eigenvalue weighted by molar-refractivity contribution is 6.31. The van der Waals surface area contributed by atoms with Crippen molar-refractivity contribution in [3.63, 3.8) is 0 Å². The summed E-state index contributed by atoms with van der Waals surface area (Å²) in [5, 5.41) is 23.4. The molecule has 1 saturated carbocycles. The van der Waals surface area contributed by atoms with E-state index in [4.69, 9.17) is 16.7 Å². The van der Waals surface area contributed by atoms with Crippen molar-refractivity contribution >= 4 is 23.0 Å². The van der Waals surface area contributed by atoms with Crippen LogP contribution in [0.4, 0.5) is 11.4 Å². The molecule has 1 aliphatic carbocycles. The summed E-state index contributed by atoms with van der Waals surface area (Å²) in [6.07, 6.45) is 2.83. The molecule has 1 fully saturated rings. The van der Waals surface area contributed by atoms with Gasteiger partial charge in [0.25, 0.3) is 5.69 Å². The Morgan fingerprint density at radius 3 is 2.78 bits per heavy atom. The molecular formula is C12H15ClN2O3. The van der Waals surface area contributed by atoms with Gasteiger partial charge in [-0.2, -0.15) is 0 Å². The molecule has 0 aromatic heterocycles. The molecule has 0 saturated heterocycles. The molecule has 1 aromatic rings. The number of benzene rings is 1. The maximum Gasteiger partial charge on any atom is 0.292 e. The molecule has 2 N–H and O–H groups in total. The van der Waals surface area contributed by atoms with Gasteiger partial charge in [-0.25, -0.2) is 0 Å². The Bertz CT molecular complexity index is 461. The van der Waals surface area contributed by atoms with Crippen molar-refractivity contribution in [3.8, 4) is 0 Å². The van der Waals surface area contributed by atoms with E-state index in [0.717, 1.165) is 19.3 Å². The van der Waals surface area contributed by atoms with Crippen LogP contribution in [0.15, 0.2) is 18.2 Å². The van der Waals surface area contributed by atoms with Gasteiger partial charge in [0.2, 0.25) is 0 Å². The third-order valence-electron chi connectivity index (χ3n) is 3.41. The fourth-order valence-corrected chi connectivity index (χ4v) is 2.19. The molecule has 0 radical (unpaired) electrons. The number of halogens is 1. The van der Waals surface area contributed by atoms with Gasteiger partial charge in [0.05, 0.1) is 4.92 Å². The van der Waals surface area contributed by atoms with Crippen molar-refractivity contribution < 1.29 is 10.0 Å². The maximum absolute atomic E-state index is 10.9. The van der Waals surface area contributed by atoms with Crippen LogP contribution in [-0.4, -0.2) is 23.2 Å². The van der Waals surface area contributed by atoms with E-state index < -0.39 is 4.92 Å². The van der Waals surface area contributed by atoms with Crippen LogP contribution in [0.2, 0.25) is 5.02 Å². The topological polar surface area (TPSA) is 75.4 Å². The first kappa shape index (κ1) is 13.1. The van der Waals surface area contributed by atoms with Gasteiger partial charge in [-0.05, 0) is 36.8 Å². The number of nitro groups is 1. The maximum atomic E-state index is 10.9. The zero-order valence-corrected chi connectivity index (χ0v) is 10.6. The Morgan fingerprint density at radius 1 is 1.50 bits per heavy atom. The molecule has 0 bridgehead atoms. The number of aliphatic hydroxyl groups excluding tert-OH is 1. The van der Waals surface area contributed by atoms with Crippen molar-refractivity contribution in [2.75, 3.05) is 18.5 Å². The minimum Gasteiger partial charge on any atom is -0.396 e. The zero-order valence-electron chi connectivity index (χ0n) is 9.86. The van der Waals surface area contributed by atoms with E-state index in [1.54, 1.807) is 6.07 Å². The fourth-order valence-electron chi connectivity index (χ4n) is 2.02. The summed E-state index contributed by atoms with van der Waals surface area (Å²) in [5.74, 6) is 0. The van der Waals surface area contributed by atoms with Gasteiger partial charge in [-0.3, -0.25) is 10.1 Å². The predicted octanol–water partition coefficient (Wildman–Crippen LogP) is 2.82. The van der Waals surface area contributed by atoms with Crippen molar-refractivity contribution in [2.24, 2.45) is 5.41 Å². The SMILES string of the molecule is O=[N+]([O-])c1ccc(Cl)cc1NCC1(CCO)CC1. The highest BCUT2D eigenvalue weighted by Crippen LogP contribution is 2.48. The average molecular weight is 271 g/mol. The van der Waals surface area contributed by atoms with E-state index >= 15 is 0 Å². The van der Waals surface area contributed by atoms with E-state index in [2.05, 4.69) is 5.32 Å². The Morgan fingerprint density at radius 2 is 2.22 bits per heavy atom. The molecule has 0 atom stereocenters. The van der Waals surface area contributed by atoms with E-state index in [1.165, 1.54) is 12.1 Å². The number of nitrogens with zero attached hydrogens (tertiary/aromatic N) is 1. The summed E-state index contributed by atoms with van der Waals surface area (Å²) in [7, 11) is 0. The van der Waals surface area contributed by atoms with E-state index in [1.807, 2.05) is 0 Å². The number of hydrogen-bond donors (Lipinski definition) is 2. The molecule has 0 aliphatic heterocycles. The Hall–Kier alpha value is -1.33. The first-order valence-electron chi connectivity index (χ1n) is 5.85. The van der Waals surface area contributed by atoms with Crippen LogP contribution in [0.3, 0.4) is 0 Å². The van der Waals surface area contributed by atoms with Crippen LogP contribution in [0.1, 0.15) is 19.3 Å². The summed E-state index contributed by atoms with van der Waals surface area (Å²) in [6.45, 7) is 0.786. The highest BCUT2D eigenvalue weighted by Gasteiger charge is 2.41. The van der Waals surface area contributed by atoms with Gasteiger partial charge in [-0.1, -0.05) is 11.6 Å². The lowest BCUT2D eigenvalue weighted by atomic mass is 10.0. The third-order valence-corrected chi connectivity index (χ3v) is 3.64. The number of nitrogens with one attached hydrogen (secondary N) is 1. The summed E-state index contributed by atoms with van der Waals surface area (Å²) < 4.78 is 0. The smallest absolute Gasteiger partial charge is 0.292 e. The standard InChI is InChI=1S/C12H15ClN2O3/c13-9-1-2-11(15(17)18)10(7-9)14-8-12(3-4-12)5-6-16/h1-2,7,14,16H,3-6,8H2. The van der Waals surface area contributed by atoms with Gasteiger partial charge in [0.1, 0.15) is 5.69 Å².